The zero-order valence-corrected chi connectivity index (χ0v) is 12.9. The standard InChI is InChI=1S/C12H18N2O4S2/c1-19(15,16)8-2-6-14-20(17,18)11-4-3-10-5-7-13-12(10)9-11/h3-4,9,13-14H,2,5-8H2,1H3. The Bertz CT molecular complexity index is 696. The lowest BCUT2D eigenvalue weighted by molar-refractivity contribution is 0.577. The van der Waals surface area contributed by atoms with E-state index >= 15 is 0 Å². The third-order valence-corrected chi connectivity index (χ3v) is 5.57. The third kappa shape index (κ3) is 3.94. The van der Waals surface area contributed by atoms with Crippen molar-refractivity contribution in [2.45, 2.75) is 17.7 Å². The van der Waals surface area contributed by atoms with Crippen LogP contribution in [0.4, 0.5) is 5.69 Å². The Balaban J connectivity index is 2.00. The molecule has 8 heteroatoms. The van der Waals surface area contributed by atoms with Crippen LogP contribution < -0.4 is 10.0 Å². The van der Waals surface area contributed by atoms with Crippen LogP contribution in [0, 0.1) is 0 Å². The maximum Gasteiger partial charge on any atom is 0.240 e. The average molecular weight is 318 g/mol. The molecule has 0 saturated heterocycles. The number of nitrogens with one attached hydrogen (secondary N) is 2. The molecular weight excluding hydrogens is 300 g/mol. The summed E-state index contributed by atoms with van der Waals surface area (Å²) < 4.78 is 48.5. The predicted molar refractivity (Wildman–Crippen MR) is 78.2 cm³/mol. The third-order valence-electron chi connectivity index (χ3n) is 3.09. The van der Waals surface area contributed by atoms with Crippen LogP contribution in [-0.4, -0.2) is 41.9 Å². The lowest BCUT2D eigenvalue weighted by Gasteiger charge is -2.08. The number of rotatable bonds is 6. The smallest absolute Gasteiger partial charge is 0.240 e. The van der Waals surface area contributed by atoms with Gasteiger partial charge >= 0.3 is 0 Å². The molecule has 2 rings (SSSR count). The van der Waals surface area contributed by atoms with Gasteiger partial charge in [-0.2, -0.15) is 0 Å². The minimum atomic E-state index is -3.58. The molecule has 1 aromatic carbocycles. The lowest BCUT2D eigenvalue weighted by atomic mass is 10.2. The fraction of sp³-hybridized carbons (Fsp3) is 0.500. The summed E-state index contributed by atoms with van der Waals surface area (Å²) in [6, 6.07) is 4.99. The number of fused-ring (bicyclic) bond motifs is 1. The van der Waals surface area contributed by atoms with Gasteiger partial charge in [-0.1, -0.05) is 6.07 Å². The van der Waals surface area contributed by atoms with Gasteiger partial charge in [0.25, 0.3) is 0 Å². The molecule has 1 aliphatic heterocycles. The van der Waals surface area contributed by atoms with Crippen LogP contribution in [0.2, 0.25) is 0 Å². The Morgan fingerprint density at radius 2 is 2.00 bits per heavy atom. The van der Waals surface area contributed by atoms with Crippen LogP contribution in [0.15, 0.2) is 23.1 Å². The second-order valence-corrected chi connectivity index (χ2v) is 8.90. The number of hydrogen-bond donors (Lipinski definition) is 2. The van der Waals surface area contributed by atoms with Gasteiger partial charge in [0, 0.05) is 25.0 Å². The largest absolute Gasteiger partial charge is 0.384 e. The molecule has 0 radical (unpaired) electrons. The van der Waals surface area contributed by atoms with Gasteiger partial charge in [-0.15, -0.1) is 0 Å². The van der Waals surface area contributed by atoms with Gasteiger partial charge in [0.2, 0.25) is 10.0 Å². The Hall–Kier alpha value is -1.12. The molecule has 1 aromatic rings. The van der Waals surface area contributed by atoms with Crippen LogP contribution in [0.25, 0.3) is 0 Å². The van der Waals surface area contributed by atoms with Gasteiger partial charge in [-0.05, 0) is 30.5 Å². The van der Waals surface area contributed by atoms with E-state index in [1.165, 1.54) is 0 Å². The van der Waals surface area contributed by atoms with E-state index in [1.54, 1.807) is 18.2 Å². The average Bonchev–Trinajstić information content (AvgIpc) is 2.80. The fourth-order valence-electron chi connectivity index (χ4n) is 2.06. The van der Waals surface area contributed by atoms with E-state index in [9.17, 15) is 16.8 Å². The summed E-state index contributed by atoms with van der Waals surface area (Å²) in [6.45, 7) is 0.931. The fourth-order valence-corrected chi connectivity index (χ4v) is 3.83. The normalized spacial score (nSPS) is 14.8. The highest BCUT2D eigenvalue weighted by Crippen LogP contribution is 2.25. The quantitative estimate of drug-likeness (QED) is 0.739. The van der Waals surface area contributed by atoms with Crippen molar-refractivity contribution >= 4 is 25.5 Å². The Morgan fingerprint density at radius 1 is 1.25 bits per heavy atom. The van der Waals surface area contributed by atoms with Crippen molar-refractivity contribution in [1.82, 2.24) is 4.72 Å². The van der Waals surface area contributed by atoms with Gasteiger partial charge in [-0.3, -0.25) is 0 Å². The molecule has 0 aromatic heterocycles. The maximum atomic E-state index is 12.1. The molecule has 0 fully saturated rings. The summed E-state index contributed by atoms with van der Waals surface area (Å²) >= 11 is 0. The highest BCUT2D eigenvalue weighted by atomic mass is 32.2. The molecule has 0 spiro atoms. The van der Waals surface area contributed by atoms with E-state index in [2.05, 4.69) is 10.0 Å². The molecule has 6 nitrogen and oxygen atoms in total. The molecule has 20 heavy (non-hydrogen) atoms. The summed E-state index contributed by atoms with van der Waals surface area (Å²) in [5, 5.41) is 3.13. The van der Waals surface area contributed by atoms with Crippen LogP contribution >= 0.6 is 0 Å². The topological polar surface area (TPSA) is 92.3 Å². The highest BCUT2D eigenvalue weighted by molar-refractivity contribution is 7.90. The van der Waals surface area contributed by atoms with Gasteiger partial charge in [0.15, 0.2) is 0 Å². The zero-order chi connectivity index (χ0) is 14.8. The lowest BCUT2D eigenvalue weighted by Crippen LogP contribution is -2.26. The molecule has 0 unspecified atom stereocenters. The van der Waals surface area contributed by atoms with Gasteiger partial charge in [0.1, 0.15) is 9.84 Å². The van der Waals surface area contributed by atoms with Crippen molar-refractivity contribution in [2.75, 3.05) is 30.4 Å². The van der Waals surface area contributed by atoms with Crippen LogP contribution in [0.5, 0.6) is 0 Å². The first-order valence-corrected chi connectivity index (χ1v) is 9.86. The highest BCUT2D eigenvalue weighted by Gasteiger charge is 2.17. The van der Waals surface area contributed by atoms with Gasteiger partial charge in [0.05, 0.1) is 10.6 Å². The van der Waals surface area contributed by atoms with Crippen LogP contribution in [0.3, 0.4) is 0 Å². The molecular formula is C12H18N2O4S2. The summed E-state index contributed by atoms with van der Waals surface area (Å²) in [4.78, 5) is 0.199. The minimum absolute atomic E-state index is 0.0265. The summed E-state index contributed by atoms with van der Waals surface area (Å²) in [6.07, 6.45) is 2.30. The predicted octanol–water partition coefficient (Wildman–Crippen LogP) is 0.368. The summed E-state index contributed by atoms with van der Waals surface area (Å²) in [5.41, 5.74) is 1.96. The van der Waals surface area contributed by atoms with E-state index in [4.69, 9.17) is 0 Å². The first-order valence-electron chi connectivity index (χ1n) is 6.32. The number of anilines is 1. The first-order chi connectivity index (χ1) is 9.28. The van der Waals surface area contributed by atoms with E-state index in [0.29, 0.717) is 0 Å². The molecule has 1 heterocycles. The van der Waals surface area contributed by atoms with E-state index in [1.807, 2.05) is 0 Å². The van der Waals surface area contributed by atoms with Crippen LogP contribution in [-0.2, 0) is 26.3 Å². The first kappa shape index (κ1) is 15.3. The second-order valence-electron chi connectivity index (χ2n) is 4.88. The van der Waals surface area contributed by atoms with E-state index < -0.39 is 19.9 Å². The molecule has 0 amide bonds. The minimum Gasteiger partial charge on any atom is -0.384 e. The van der Waals surface area contributed by atoms with Gasteiger partial charge < -0.3 is 5.32 Å². The Kier molecular flexibility index (Phi) is 4.36. The number of hydrogen-bond acceptors (Lipinski definition) is 5. The monoisotopic (exact) mass is 318 g/mol. The van der Waals surface area contributed by atoms with Crippen molar-refractivity contribution in [3.63, 3.8) is 0 Å². The van der Waals surface area contributed by atoms with Gasteiger partial charge in [-0.25, -0.2) is 21.6 Å². The van der Waals surface area contributed by atoms with Crippen molar-refractivity contribution < 1.29 is 16.8 Å². The van der Waals surface area contributed by atoms with Crippen molar-refractivity contribution in [3.05, 3.63) is 23.8 Å². The summed E-state index contributed by atoms with van der Waals surface area (Å²) in [7, 11) is -6.64. The summed E-state index contributed by atoms with van der Waals surface area (Å²) in [5.74, 6) is -0.0265. The molecule has 0 atom stereocenters. The van der Waals surface area contributed by atoms with E-state index in [-0.39, 0.29) is 23.6 Å². The van der Waals surface area contributed by atoms with E-state index in [0.717, 1.165) is 30.5 Å². The molecule has 0 saturated carbocycles. The zero-order valence-electron chi connectivity index (χ0n) is 11.2. The second kappa shape index (κ2) is 5.71. The Morgan fingerprint density at radius 3 is 2.70 bits per heavy atom. The number of sulfonamides is 1. The Labute approximate surface area is 119 Å². The SMILES string of the molecule is CS(=O)(=O)CCCNS(=O)(=O)c1ccc2c(c1)NCC2. The molecule has 1 aliphatic rings. The number of sulfone groups is 1. The molecule has 0 aliphatic carbocycles. The van der Waals surface area contributed by atoms with Crippen molar-refractivity contribution in [3.8, 4) is 0 Å². The van der Waals surface area contributed by atoms with Crippen molar-refractivity contribution in [2.24, 2.45) is 0 Å². The number of benzene rings is 1. The molecule has 0 bridgehead atoms. The van der Waals surface area contributed by atoms with Crippen LogP contribution in [0.1, 0.15) is 12.0 Å². The van der Waals surface area contributed by atoms with Crippen molar-refractivity contribution in [1.29, 1.82) is 0 Å². The molecule has 2 N–H and O–H groups in total. The maximum absolute atomic E-state index is 12.1. The molecule has 112 valence electrons.